The fourth-order valence-electron chi connectivity index (χ4n) is 2.34. The van der Waals surface area contributed by atoms with Crippen LogP contribution in [0.5, 0.6) is 0 Å². The Balaban J connectivity index is 2.22. The monoisotopic (exact) mass is 257 g/mol. The summed E-state index contributed by atoms with van der Waals surface area (Å²) in [5, 5.41) is 0. The van der Waals surface area contributed by atoms with Gasteiger partial charge >= 0.3 is 0 Å². The van der Waals surface area contributed by atoms with E-state index in [0.717, 1.165) is 37.8 Å². The highest BCUT2D eigenvalue weighted by Crippen LogP contribution is 2.24. The van der Waals surface area contributed by atoms with Gasteiger partial charge in [0.1, 0.15) is 0 Å². The van der Waals surface area contributed by atoms with E-state index in [4.69, 9.17) is 0 Å². The average molecular weight is 257 g/mol. The number of rotatable bonds is 2. The summed E-state index contributed by atoms with van der Waals surface area (Å²) in [7, 11) is 1.61. The van der Waals surface area contributed by atoms with E-state index in [1.165, 1.54) is 4.90 Å². The van der Waals surface area contributed by atoms with Gasteiger partial charge in [-0.1, -0.05) is 12.8 Å². The van der Waals surface area contributed by atoms with Crippen molar-refractivity contribution in [1.82, 2.24) is 4.90 Å². The lowest BCUT2D eigenvalue weighted by Crippen LogP contribution is -2.35. The average Bonchev–Trinajstić information content (AvgIpc) is 2.87. The molecule has 1 fully saturated rings. The van der Waals surface area contributed by atoms with E-state index < -0.39 is 23.4 Å². The van der Waals surface area contributed by atoms with E-state index in [0.29, 0.717) is 0 Å². The van der Waals surface area contributed by atoms with Gasteiger partial charge in [0.05, 0.1) is 0 Å². The van der Waals surface area contributed by atoms with Crippen LogP contribution in [-0.4, -0.2) is 23.9 Å². The van der Waals surface area contributed by atoms with Gasteiger partial charge in [-0.2, -0.15) is 0 Å². The summed E-state index contributed by atoms with van der Waals surface area (Å²) < 4.78 is 38.9. The molecule has 2 rings (SSSR count). The number of benzene rings is 1. The van der Waals surface area contributed by atoms with Crippen molar-refractivity contribution in [2.75, 3.05) is 7.05 Å². The molecule has 1 aromatic carbocycles. The Morgan fingerprint density at radius 1 is 1.17 bits per heavy atom. The Bertz CT molecular complexity index is 446. The van der Waals surface area contributed by atoms with Gasteiger partial charge in [0.2, 0.25) is 0 Å². The van der Waals surface area contributed by atoms with E-state index in [-0.39, 0.29) is 11.6 Å². The zero-order valence-electron chi connectivity index (χ0n) is 10.0. The van der Waals surface area contributed by atoms with Crippen LogP contribution in [0.1, 0.15) is 36.0 Å². The molecule has 0 atom stereocenters. The molecule has 18 heavy (non-hydrogen) atoms. The lowest BCUT2D eigenvalue weighted by atomic mass is 10.1. The van der Waals surface area contributed by atoms with Crippen molar-refractivity contribution in [2.45, 2.75) is 31.7 Å². The van der Waals surface area contributed by atoms with Crippen LogP contribution in [0.2, 0.25) is 0 Å². The summed E-state index contributed by atoms with van der Waals surface area (Å²) in [6.07, 6.45) is 3.89. The molecule has 1 aromatic rings. The molecular weight excluding hydrogens is 243 g/mol. The summed E-state index contributed by atoms with van der Waals surface area (Å²) >= 11 is 0. The van der Waals surface area contributed by atoms with Gasteiger partial charge in [-0.05, 0) is 25.0 Å². The molecule has 1 saturated carbocycles. The lowest BCUT2D eigenvalue weighted by molar-refractivity contribution is 0.0734. The molecular formula is C13H14F3NO. The standard InChI is InChI=1S/C13H14F3NO/c1-17(9-4-2-3-5-9)13(18)8-6-10(14)12(16)11(15)7-8/h6-7,9H,2-5H2,1H3. The number of amides is 1. The van der Waals surface area contributed by atoms with Crippen LogP contribution < -0.4 is 0 Å². The van der Waals surface area contributed by atoms with Crippen LogP contribution in [0.4, 0.5) is 13.2 Å². The maximum Gasteiger partial charge on any atom is 0.254 e. The minimum absolute atomic E-state index is 0.105. The Hall–Kier alpha value is -1.52. The van der Waals surface area contributed by atoms with Crippen LogP contribution in [-0.2, 0) is 0 Å². The van der Waals surface area contributed by atoms with Gasteiger partial charge < -0.3 is 4.90 Å². The third kappa shape index (κ3) is 2.35. The molecule has 0 bridgehead atoms. The quantitative estimate of drug-likeness (QED) is 0.745. The first-order valence-electron chi connectivity index (χ1n) is 5.92. The Labute approximate surface area is 103 Å². The highest BCUT2D eigenvalue weighted by Gasteiger charge is 2.25. The molecule has 1 amide bonds. The summed E-state index contributed by atoms with van der Waals surface area (Å²) in [4.78, 5) is 13.5. The topological polar surface area (TPSA) is 20.3 Å². The van der Waals surface area contributed by atoms with Gasteiger partial charge in [-0.15, -0.1) is 0 Å². The minimum Gasteiger partial charge on any atom is -0.339 e. The molecule has 0 aromatic heterocycles. The highest BCUT2D eigenvalue weighted by atomic mass is 19.2. The number of nitrogens with zero attached hydrogens (tertiary/aromatic N) is 1. The summed E-state index contributed by atoms with van der Waals surface area (Å²) in [6.45, 7) is 0. The second kappa shape index (κ2) is 5.00. The second-order valence-electron chi connectivity index (χ2n) is 4.61. The zero-order chi connectivity index (χ0) is 13.3. The normalized spacial score (nSPS) is 16.0. The van der Waals surface area contributed by atoms with Crippen molar-refractivity contribution >= 4 is 5.91 Å². The molecule has 1 aliphatic carbocycles. The Morgan fingerprint density at radius 3 is 2.17 bits per heavy atom. The number of hydrogen-bond acceptors (Lipinski definition) is 1. The SMILES string of the molecule is CN(C(=O)c1cc(F)c(F)c(F)c1)C1CCCC1. The predicted molar refractivity (Wildman–Crippen MR) is 60.7 cm³/mol. The van der Waals surface area contributed by atoms with E-state index in [9.17, 15) is 18.0 Å². The van der Waals surface area contributed by atoms with Gasteiger partial charge in [-0.3, -0.25) is 4.79 Å². The van der Waals surface area contributed by atoms with Gasteiger partial charge in [0.25, 0.3) is 5.91 Å². The molecule has 0 aliphatic heterocycles. The van der Waals surface area contributed by atoms with Crippen molar-refractivity contribution in [3.63, 3.8) is 0 Å². The Kier molecular flexibility index (Phi) is 3.59. The van der Waals surface area contributed by atoms with Crippen LogP contribution >= 0.6 is 0 Å². The molecule has 98 valence electrons. The molecule has 1 aliphatic rings. The van der Waals surface area contributed by atoms with E-state index >= 15 is 0 Å². The molecule has 0 heterocycles. The van der Waals surface area contributed by atoms with Gasteiger partial charge in [0, 0.05) is 18.7 Å². The van der Waals surface area contributed by atoms with Crippen molar-refractivity contribution < 1.29 is 18.0 Å². The van der Waals surface area contributed by atoms with Crippen molar-refractivity contribution in [1.29, 1.82) is 0 Å². The van der Waals surface area contributed by atoms with Crippen LogP contribution in [0.25, 0.3) is 0 Å². The van der Waals surface area contributed by atoms with Crippen molar-refractivity contribution in [3.8, 4) is 0 Å². The number of hydrogen-bond donors (Lipinski definition) is 0. The van der Waals surface area contributed by atoms with Crippen LogP contribution in [0, 0.1) is 17.5 Å². The van der Waals surface area contributed by atoms with Crippen LogP contribution in [0.15, 0.2) is 12.1 Å². The maximum atomic E-state index is 13.1. The first-order valence-corrected chi connectivity index (χ1v) is 5.92. The molecule has 0 saturated heterocycles. The molecule has 2 nitrogen and oxygen atoms in total. The molecule has 0 N–H and O–H groups in total. The lowest BCUT2D eigenvalue weighted by Gasteiger charge is -2.24. The number of carbonyl (C=O) groups is 1. The first-order chi connectivity index (χ1) is 8.50. The molecule has 0 radical (unpaired) electrons. The predicted octanol–water partition coefficient (Wildman–Crippen LogP) is 3.12. The van der Waals surface area contributed by atoms with Gasteiger partial charge in [0.15, 0.2) is 17.5 Å². The highest BCUT2D eigenvalue weighted by molar-refractivity contribution is 5.94. The third-order valence-electron chi connectivity index (χ3n) is 3.42. The summed E-state index contributed by atoms with van der Waals surface area (Å²) in [6, 6.07) is 1.59. The number of halogens is 3. The molecule has 0 unspecified atom stereocenters. The zero-order valence-corrected chi connectivity index (χ0v) is 10.0. The van der Waals surface area contributed by atoms with E-state index in [1.807, 2.05) is 0 Å². The van der Waals surface area contributed by atoms with Crippen molar-refractivity contribution in [3.05, 3.63) is 35.1 Å². The molecule has 0 spiro atoms. The maximum absolute atomic E-state index is 13.1. The Morgan fingerprint density at radius 2 is 1.67 bits per heavy atom. The number of carbonyl (C=O) groups excluding carboxylic acids is 1. The largest absolute Gasteiger partial charge is 0.339 e. The third-order valence-corrected chi connectivity index (χ3v) is 3.42. The fraction of sp³-hybridized carbons (Fsp3) is 0.462. The summed E-state index contributed by atoms with van der Waals surface area (Å²) in [5.74, 6) is -4.69. The summed E-state index contributed by atoms with van der Waals surface area (Å²) in [5.41, 5.74) is -0.152. The smallest absolute Gasteiger partial charge is 0.254 e. The fourth-order valence-corrected chi connectivity index (χ4v) is 2.34. The van der Waals surface area contributed by atoms with Crippen molar-refractivity contribution in [2.24, 2.45) is 0 Å². The second-order valence-corrected chi connectivity index (χ2v) is 4.61. The van der Waals surface area contributed by atoms with E-state index in [1.54, 1.807) is 7.05 Å². The minimum atomic E-state index is -1.55. The van der Waals surface area contributed by atoms with Crippen LogP contribution in [0.3, 0.4) is 0 Å². The molecule has 5 heteroatoms. The van der Waals surface area contributed by atoms with Gasteiger partial charge in [-0.25, -0.2) is 13.2 Å². The first kappa shape index (κ1) is 12.9. The van der Waals surface area contributed by atoms with E-state index in [2.05, 4.69) is 0 Å².